The topological polar surface area (TPSA) is 90.7 Å². The monoisotopic (exact) mass is 325 g/mol. The molecule has 108 valence electrons. The Hall–Kier alpha value is -0.950. The van der Waals surface area contributed by atoms with Crippen LogP contribution in [-0.4, -0.2) is 24.5 Å². The third-order valence-electron chi connectivity index (χ3n) is 2.13. The maximum absolute atomic E-state index is 11.3. The first-order valence-corrected chi connectivity index (χ1v) is 6.12. The number of benzene rings is 1. The molecule has 5 nitrogen and oxygen atoms in total. The SMILES string of the molecule is COC(=O)C(N)c1cccc(N=C(N)SC)c1.Cl.Cl. The van der Waals surface area contributed by atoms with Crippen LogP contribution in [0.2, 0.25) is 0 Å². The summed E-state index contributed by atoms with van der Waals surface area (Å²) in [6.45, 7) is 0. The molecule has 0 aliphatic carbocycles. The number of nitrogens with zero attached hydrogens (tertiary/aromatic N) is 1. The lowest BCUT2D eigenvalue weighted by Gasteiger charge is -2.09. The van der Waals surface area contributed by atoms with E-state index in [2.05, 4.69) is 9.73 Å². The zero-order chi connectivity index (χ0) is 12.8. The van der Waals surface area contributed by atoms with Gasteiger partial charge in [-0.1, -0.05) is 23.9 Å². The molecule has 1 unspecified atom stereocenters. The van der Waals surface area contributed by atoms with Crippen LogP contribution in [0.3, 0.4) is 0 Å². The molecule has 0 fully saturated rings. The zero-order valence-corrected chi connectivity index (χ0v) is 13.0. The van der Waals surface area contributed by atoms with Crippen molar-refractivity contribution in [2.75, 3.05) is 13.4 Å². The van der Waals surface area contributed by atoms with Gasteiger partial charge in [-0.2, -0.15) is 0 Å². The molecule has 0 bridgehead atoms. The Kier molecular flexibility index (Phi) is 10.6. The lowest BCUT2D eigenvalue weighted by molar-refractivity contribution is -0.142. The summed E-state index contributed by atoms with van der Waals surface area (Å²) in [6, 6.07) is 6.22. The van der Waals surface area contributed by atoms with Crippen molar-refractivity contribution in [1.82, 2.24) is 0 Å². The van der Waals surface area contributed by atoms with Gasteiger partial charge in [0.05, 0.1) is 12.8 Å². The van der Waals surface area contributed by atoms with E-state index in [1.165, 1.54) is 18.9 Å². The Morgan fingerprint density at radius 1 is 1.42 bits per heavy atom. The van der Waals surface area contributed by atoms with Gasteiger partial charge in [0, 0.05) is 0 Å². The number of hydrogen-bond acceptors (Lipinski definition) is 5. The number of amidine groups is 1. The summed E-state index contributed by atoms with van der Waals surface area (Å²) >= 11 is 1.35. The number of aliphatic imine (C=N–C) groups is 1. The van der Waals surface area contributed by atoms with Crippen molar-refractivity contribution < 1.29 is 9.53 Å². The summed E-state index contributed by atoms with van der Waals surface area (Å²) in [5, 5.41) is 0.453. The highest BCUT2D eigenvalue weighted by molar-refractivity contribution is 8.13. The van der Waals surface area contributed by atoms with Crippen molar-refractivity contribution in [2.45, 2.75) is 6.04 Å². The van der Waals surface area contributed by atoms with E-state index in [1.807, 2.05) is 6.26 Å². The molecule has 1 aromatic carbocycles. The van der Waals surface area contributed by atoms with Crippen LogP contribution >= 0.6 is 36.6 Å². The van der Waals surface area contributed by atoms with E-state index in [-0.39, 0.29) is 24.8 Å². The fourth-order valence-electron chi connectivity index (χ4n) is 1.22. The molecule has 0 heterocycles. The van der Waals surface area contributed by atoms with E-state index in [4.69, 9.17) is 11.5 Å². The number of hydrogen-bond donors (Lipinski definition) is 2. The lowest BCUT2D eigenvalue weighted by Crippen LogP contribution is -2.22. The van der Waals surface area contributed by atoms with Gasteiger partial charge in [-0.05, 0) is 24.0 Å². The zero-order valence-electron chi connectivity index (χ0n) is 10.5. The Labute approximate surface area is 129 Å². The summed E-state index contributed by atoms with van der Waals surface area (Å²) in [5.41, 5.74) is 12.6. The number of nitrogens with two attached hydrogens (primary N) is 2. The smallest absolute Gasteiger partial charge is 0.327 e. The third-order valence-corrected chi connectivity index (χ3v) is 2.64. The Morgan fingerprint density at radius 2 is 2.05 bits per heavy atom. The number of halogens is 2. The normalized spacial score (nSPS) is 11.8. The second kappa shape index (κ2) is 9.91. The fraction of sp³-hybridized carbons (Fsp3) is 0.273. The molecule has 0 aliphatic rings. The summed E-state index contributed by atoms with van der Waals surface area (Å²) in [5.74, 6) is -0.482. The van der Waals surface area contributed by atoms with Gasteiger partial charge in [-0.25, -0.2) is 4.99 Å². The van der Waals surface area contributed by atoms with Crippen molar-refractivity contribution >= 4 is 53.4 Å². The number of thioether (sulfide) groups is 1. The number of esters is 1. The van der Waals surface area contributed by atoms with Crippen LogP contribution < -0.4 is 11.5 Å². The molecule has 1 rings (SSSR count). The van der Waals surface area contributed by atoms with Crippen LogP contribution in [0.25, 0.3) is 0 Å². The summed E-state index contributed by atoms with van der Waals surface area (Å²) < 4.78 is 4.58. The van der Waals surface area contributed by atoms with Gasteiger partial charge >= 0.3 is 5.97 Å². The van der Waals surface area contributed by atoms with Crippen molar-refractivity contribution in [3.05, 3.63) is 29.8 Å². The molecule has 1 atom stereocenters. The molecule has 0 aliphatic heterocycles. The molecule has 0 spiro atoms. The minimum atomic E-state index is -0.800. The third kappa shape index (κ3) is 6.15. The largest absolute Gasteiger partial charge is 0.468 e. The molecule has 0 amide bonds. The quantitative estimate of drug-likeness (QED) is 0.504. The highest BCUT2D eigenvalue weighted by Gasteiger charge is 2.16. The Bertz CT molecular complexity index is 444. The second-order valence-corrected chi connectivity index (χ2v) is 4.08. The summed E-state index contributed by atoms with van der Waals surface area (Å²) in [4.78, 5) is 15.4. The van der Waals surface area contributed by atoms with Gasteiger partial charge < -0.3 is 16.2 Å². The van der Waals surface area contributed by atoms with E-state index >= 15 is 0 Å². The molecule has 19 heavy (non-hydrogen) atoms. The van der Waals surface area contributed by atoms with Gasteiger partial charge in [0.25, 0.3) is 0 Å². The molecule has 0 radical (unpaired) electrons. The maximum atomic E-state index is 11.3. The summed E-state index contributed by atoms with van der Waals surface area (Å²) in [6.07, 6.45) is 1.84. The van der Waals surface area contributed by atoms with E-state index < -0.39 is 12.0 Å². The van der Waals surface area contributed by atoms with Gasteiger partial charge in [-0.15, -0.1) is 24.8 Å². The van der Waals surface area contributed by atoms with E-state index in [0.717, 1.165) is 0 Å². The minimum absolute atomic E-state index is 0. The molecule has 8 heteroatoms. The molecular formula is C11H17Cl2N3O2S. The standard InChI is InChI=1S/C11H15N3O2S.2ClH/c1-16-10(15)9(12)7-4-3-5-8(6-7)14-11(13)17-2;;/h3-6,9H,12H2,1-2H3,(H2,13,14);2*1H. The highest BCUT2D eigenvalue weighted by Crippen LogP contribution is 2.19. The van der Waals surface area contributed by atoms with Crippen LogP contribution in [0.1, 0.15) is 11.6 Å². The van der Waals surface area contributed by atoms with Gasteiger partial charge in [0.15, 0.2) is 5.17 Å². The molecule has 0 saturated heterocycles. The minimum Gasteiger partial charge on any atom is -0.468 e. The van der Waals surface area contributed by atoms with Crippen LogP contribution in [0, 0.1) is 0 Å². The van der Waals surface area contributed by atoms with E-state index in [1.54, 1.807) is 24.3 Å². The van der Waals surface area contributed by atoms with Crippen LogP contribution in [-0.2, 0) is 9.53 Å². The van der Waals surface area contributed by atoms with Gasteiger partial charge in [0.1, 0.15) is 6.04 Å². The molecular weight excluding hydrogens is 309 g/mol. The number of carbonyl (C=O) groups is 1. The van der Waals surface area contributed by atoms with E-state index in [0.29, 0.717) is 16.4 Å². The number of methoxy groups -OCH3 is 1. The first kappa shape index (κ1) is 20.4. The average molecular weight is 326 g/mol. The predicted molar refractivity (Wildman–Crippen MR) is 84.7 cm³/mol. The fourth-order valence-corrected chi connectivity index (χ4v) is 1.42. The van der Waals surface area contributed by atoms with Crippen molar-refractivity contribution in [2.24, 2.45) is 16.5 Å². The van der Waals surface area contributed by atoms with Gasteiger partial charge in [-0.3, -0.25) is 4.79 Å². The Morgan fingerprint density at radius 3 is 2.58 bits per heavy atom. The molecule has 0 saturated carbocycles. The van der Waals surface area contributed by atoms with Gasteiger partial charge in [0.2, 0.25) is 0 Å². The first-order valence-electron chi connectivity index (χ1n) is 4.90. The second-order valence-electron chi connectivity index (χ2n) is 3.25. The first-order chi connectivity index (χ1) is 8.08. The molecule has 4 N–H and O–H groups in total. The van der Waals surface area contributed by atoms with Crippen molar-refractivity contribution in [3.63, 3.8) is 0 Å². The van der Waals surface area contributed by atoms with Crippen LogP contribution in [0.15, 0.2) is 29.3 Å². The molecule has 0 aromatic heterocycles. The summed E-state index contributed by atoms with van der Waals surface area (Å²) in [7, 11) is 1.30. The van der Waals surface area contributed by atoms with Crippen molar-refractivity contribution in [3.8, 4) is 0 Å². The number of ether oxygens (including phenoxy) is 1. The highest BCUT2D eigenvalue weighted by atomic mass is 35.5. The van der Waals surface area contributed by atoms with Crippen LogP contribution in [0.5, 0.6) is 0 Å². The van der Waals surface area contributed by atoms with Crippen LogP contribution in [0.4, 0.5) is 5.69 Å². The Balaban J connectivity index is 0. The lowest BCUT2D eigenvalue weighted by atomic mass is 10.1. The maximum Gasteiger partial charge on any atom is 0.327 e. The average Bonchev–Trinajstić information content (AvgIpc) is 2.37. The number of rotatable bonds is 3. The number of carbonyl (C=O) groups excluding carboxylic acids is 1. The molecule has 1 aromatic rings. The predicted octanol–water partition coefficient (Wildman–Crippen LogP) is 2.01. The van der Waals surface area contributed by atoms with Crippen molar-refractivity contribution in [1.29, 1.82) is 0 Å². The van der Waals surface area contributed by atoms with E-state index in [9.17, 15) is 4.79 Å².